The van der Waals surface area contributed by atoms with Crippen LogP contribution in [0.1, 0.15) is 12.5 Å². The summed E-state index contributed by atoms with van der Waals surface area (Å²) in [4.78, 5) is 22.7. The van der Waals surface area contributed by atoms with Crippen LogP contribution in [0.4, 0.5) is 5.69 Å². The molecule has 1 atom stereocenters. The lowest BCUT2D eigenvalue weighted by atomic mass is 10.1. The molecule has 0 aliphatic heterocycles. The summed E-state index contributed by atoms with van der Waals surface area (Å²) in [6, 6.07) is 14.0. The molecule has 0 radical (unpaired) electrons. The molecule has 25 heavy (non-hydrogen) atoms. The lowest BCUT2D eigenvalue weighted by Gasteiger charge is -2.15. The topological polar surface area (TPSA) is 90.7 Å². The highest BCUT2D eigenvalue weighted by atomic mass is 16.6. The van der Waals surface area contributed by atoms with Crippen LogP contribution in [0, 0.1) is 10.1 Å². The average Bonchev–Trinajstić information content (AvgIpc) is 2.62. The third kappa shape index (κ3) is 5.20. The zero-order valence-electron chi connectivity index (χ0n) is 14.1. The number of amides is 1. The van der Waals surface area contributed by atoms with E-state index >= 15 is 0 Å². The van der Waals surface area contributed by atoms with Gasteiger partial charge in [0.15, 0.2) is 11.9 Å². The highest BCUT2D eigenvalue weighted by Gasteiger charge is 2.21. The Morgan fingerprint density at radius 1 is 1.24 bits per heavy atom. The molecule has 2 aromatic carbocycles. The van der Waals surface area contributed by atoms with Crippen LogP contribution >= 0.6 is 0 Å². The molecule has 0 saturated carbocycles. The number of nitro benzene ring substituents is 1. The quantitative estimate of drug-likeness (QED) is 0.587. The fourth-order valence-corrected chi connectivity index (χ4v) is 2.23. The molecule has 0 aliphatic carbocycles. The Labute approximate surface area is 145 Å². The molecular weight excluding hydrogens is 324 g/mol. The van der Waals surface area contributed by atoms with Crippen molar-refractivity contribution in [1.29, 1.82) is 0 Å². The van der Waals surface area contributed by atoms with E-state index in [0.29, 0.717) is 18.7 Å². The average molecular weight is 344 g/mol. The van der Waals surface area contributed by atoms with Crippen LogP contribution in [0.25, 0.3) is 0 Å². The number of nitrogens with one attached hydrogen (secondary N) is 1. The predicted molar refractivity (Wildman–Crippen MR) is 92.9 cm³/mol. The Morgan fingerprint density at radius 2 is 1.96 bits per heavy atom. The molecule has 132 valence electrons. The van der Waals surface area contributed by atoms with Crippen molar-refractivity contribution in [2.24, 2.45) is 0 Å². The number of ether oxygens (including phenoxy) is 2. The van der Waals surface area contributed by atoms with Gasteiger partial charge < -0.3 is 14.8 Å². The highest BCUT2D eigenvalue weighted by molar-refractivity contribution is 5.80. The summed E-state index contributed by atoms with van der Waals surface area (Å²) >= 11 is 0. The molecule has 2 aromatic rings. The van der Waals surface area contributed by atoms with Gasteiger partial charge in [0.05, 0.1) is 18.1 Å². The minimum absolute atomic E-state index is 0.0245. The number of nitro groups is 1. The molecule has 0 fully saturated rings. The summed E-state index contributed by atoms with van der Waals surface area (Å²) in [5, 5.41) is 13.9. The molecule has 0 heterocycles. The molecule has 2 rings (SSSR count). The van der Waals surface area contributed by atoms with Crippen LogP contribution in [0.5, 0.6) is 11.5 Å². The third-order valence-electron chi connectivity index (χ3n) is 3.59. The maximum Gasteiger partial charge on any atom is 0.314 e. The van der Waals surface area contributed by atoms with Crippen molar-refractivity contribution in [1.82, 2.24) is 5.32 Å². The van der Waals surface area contributed by atoms with Crippen LogP contribution in [-0.2, 0) is 11.2 Å². The SMILES string of the molecule is COc1ccc(O[C@@H](C)C(=O)NCCc2ccccc2)c([N+](=O)[O-])c1. The van der Waals surface area contributed by atoms with Crippen molar-refractivity contribution >= 4 is 11.6 Å². The number of nitrogens with zero attached hydrogens (tertiary/aromatic N) is 1. The van der Waals surface area contributed by atoms with E-state index in [-0.39, 0.29) is 17.3 Å². The van der Waals surface area contributed by atoms with E-state index in [1.165, 1.54) is 19.2 Å². The zero-order valence-corrected chi connectivity index (χ0v) is 14.1. The van der Waals surface area contributed by atoms with Gasteiger partial charge in [-0.2, -0.15) is 0 Å². The molecule has 0 aromatic heterocycles. The first-order valence-electron chi connectivity index (χ1n) is 7.82. The van der Waals surface area contributed by atoms with E-state index < -0.39 is 11.0 Å². The third-order valence-corrected chi connectivity index (χ3v) is 3.59. The van der Waals surface area contributed by atoms with Crippen molar-refractivity contribution in [2.45, 2.75) is 19.4 Å². The van der Waals surface area contributed by atoms with E-state index in [9.17, 15) is 14.9 Å². The smallest absolute Gasteiger partial charge is 0.314 e. The number of hydrogen-bond acceptors (Lipinski definition) is 5. The summed E-state index contributed by atoms with van der Waals surface area (Å²) in [5.41, 5.74) is 0.866. The number of rotatable bonds is 8. The van der Waals surface area contributed by atoms with Gasteiger partial charge in [0.1, 0.15) is 5.75 Å². The predicted octanol–water partition coefficient (Wildman–Crippen LogP) is 2.73. The maximum atomic E-state index is 12.1. The van der Waals surface area contributed by atoms with Gasteiger partial charge in [0, 0.05) is 6.54 Å². The van der Waals surface area contributed by atoms with E-state index in [1.54, 1.807) is 13.0 Å². The first kappa shape index (κ1) is 18.3. The molecule has 0 aliphatic rings. The molecule has 0 bridgehead atoms. The summed E-state index contributed by atoms with van der Waals surface area (Å²) in [6.07, 6.45) is -0.162. The van der Waals surface area contributed by atoms with Gasteiger partial charge >= 0.3 is 5.69 Å². The van der Waals surface area contributed by atoms with Gasteiger partial charge in [0.25, 0.3) is 5.91 Å². The minimum atomic E-state index is -0.858. The molecule has 0 unspecified atom stereocenters. The maximum absolute atomic E-state index is 12.1. The monoisotopic (exact) mass is 344 g/mol. The molecule has 1 N–H and O–H groups in total. The van der Waals surface area contributed by atoms with Gasteiger partial charge in [-0.05, 0) is 31.0 Å². The molecule has 7 heteroatoms. The highest BCUT2D eigenvalue weighted by Crippen LogP contribution is 2.31. The van der Waals surface area contributed by atoms with Gasteiger partial charge in [0.2, 0.25) is 0 Å². The Bertz CT molecular complexity index is 734. The molecule has 0 spiro atoms. The van der Waals surface area contributed by atoms with E-state index in [0.717, 1.165) is 5.56 Å². The number of hydrogen-bond donors (Lipinski definition) is 1. The van der Waals surface area contributed by atoms with Gasteiger partial charge in [-0.15, -0.1) is 0 Å². The number of benzene rings is 2. The Hall–Kier alpha value is -3.09. The molecule has 7 nitrogen and oxygen atoms in total. The van der Waals surface area contributed by atoms with Crippen molar-refractivity contribution in [2.75, 3.05) is 13.7 Å². The van der Waals surface area contributed by atoms with Crippen molar-refractivity contribution in [3.05, 3.63) is 64.2 Å². The van der Waals surface area contributed by atoms with Crippen LogP contribution in [-0.4, -0.2) is 30.6 Å². The van der Waals surface area contributed by atoms with Gasteiger partial charge in [-0.1, -0.05) is 30.3 Å². The molecule has 0 saturated heterocycles. The van der Waals surface area contributed by atoms with Crippen LogP contribution < -0.4 is 14.8 Å². The number of carbonyl (C=O) groups is 1. The van der Waals surface area contributed by atoms with Crippen LogP contribution in [0.15, 0.2) is 48.5 Å². The van der Waals surface area contributed by atoms with Crippen molar-refractivity contribution in [3.63, 3.8) is 0 Å². The second-order valence-corrected chi connectivity index (χ2v) is 5.38. The zero-order chi connectivity index (χ0) is 18.2. The normalized spacial score (nSPS) is 11.4. The summed E-state index contributed by atoms with van der Waals surface area (Å²) in [7, 11) is 1.42. The largest absolute Gasteiger partial charge is 0.496 e. The number of methoxy groups -OCH3 is 1. The first-order valence-corrected chi connectivity index (χ1v) is 7.82. The van der Waals surface area contributed by atoms with E-state index in [4.69, 9.17) is 9.47 Å². The Balaban J connectivity index is 1.93. The fourth-order valence-electron chi connectivity index (χ4n) is 2.23. The van der Waals surface area contributed by atoms with Gasteiger partial charge in [-0.3, -0.25) is 14.9 Å². The van der Waals surface area contributed by atoms with E-state index in [1.807, 2.05) is 30.3 Å². The standard InChI is InChI=1S/C18H20N2O5/c1-13(18(21)19-11-10-14-6-4-3-5-7-14)25-17-9-8-15(24-2)12-16(17)20(22)23/h3-9,12-13H,10-11H2,1-2H3,(H,19,21)/t13-/m0/s1. The minimum Gasteiger partial charge on any atom is -0.496 e. The Morgan fingerprint density at radius 3 is 2.60 bits per heavy atom. The lowest BCUT2D eigenvalue weighted by molar-refractivity contribution is -0.386. The first-order chi connectivity index (χ1) is 12.0. The van der Waals surface area contributed by atoms with E-state index in [2.05, 4.69) is 5.32 Å². The lowest BCUT2D eigenvalue weighted by Crippen LogP contribution is -2.37. The summed E-state index contributed by atoms with van der Waals surface area (Å²) in [6.45, 7) is 2.01. The summed E-state index contributed by atoms with van der Waals surface area (Å²) in [5.74, 6) is 0.0385. The Kier molecular flexibility index (Phi) is 6.33. The fraction of sp³-hybridized carbons (Fsp3) is 0.278. The van der Waals surface area contributed by atoms with Crippen molar-refractivity contribution < 1.29 is 19.2 Å². The molecule has 1 amide bonds. The second kappa shape index (κ2) is 8.68. The van der Waals surface area contributed by atoms with Crippen LogP contribution in [0.2, 0.25) is 0 Å². The van der Waals surface area contributed by atoms with Crippen molar-refractivity contribution in [3.8, 4) is 11.5 Å². The molecular formula is C18H20N2O5. The van der Waals surface area contributed by atoms with Gasteiger partial charge in [-0.25, -0.2) is 0 Å². The second-order valence-electron chi connectivity index (χ2n) is 5.38. The summed E-state index contributed by atoms with van der Waals surface area (Å²) < 4.78 is 10.4. The van der Waals surface area contributed by atoms with Crippen LogP contribution in [0.3, 0.4) is 0 Å². The number of carbonyl (C=O) groups excluding carboxylic acids is 1.